The highest BCUT2D eigenvalue weighted by Crippen LogP contribution is 2.30. The monoisotopic (exact) mass is 345 g/mol. The molecule has 3 rings (SSSR count). The molecule has 1 heterocycles. The maximum absolute atomic E-state index is 12.6. The third-order valence-electron chi connectivity index (χ3n) is 4.73. The van der Waals surface area contributed by atoms with Crippen LogP contribution in [0.3, 0.4) is 0 Å². The second-order valence-electron chi connectivity index (χ2n) is 7.13. The molecule has 136 valence electrons. The first kappa shape index (κ1) is 17.7. The number of carbonyl (C=O) groups is 2. The van der Waals surface area contributed by atoms with Gasteiger partial charge in [-0.05, 0) is 56.2 Å². The molecule has 0 bridgehead atoms. The van der Waals surface area contributed by atoms with E-state index >= 15 is 0 Å². The number of likely N-dealkylation sites (tertiary alicyclic amines) is 1. The molecular weight excluding hydrogens is 318 g/mol. The van der Waals surface area contributed by atoms with Gasteiger partial charge in [0.05, 0.1) is 6.10 Å². The number of urea groups is 1. The molecule has 1 saturated carbocycles. The summed E-state index contributed by atoms with van der Waals surface area (Å²) in [7, 11) is 0. The van der Waals surface area contributed by atoms with Crippen LogP contribution in [0.2, 0.25) is 0 Å². The minimum Gasteiger partial charge on any atom is -0.376 e. The van der Waals surface area contributed by atoms with Gasteiger partial charge in [0.1, 0.15) is 0 Å². The lowest BCUT2D eigenvalue weighted by atomic mass is 10.1. The van der Waals surface area contributed by atoms with Crippen LogP contribution in [-0.2, 0) is 9.53 Å². The number of rotatable bonds is 5. The average molecular weight is 345 g/mol. The molecule has 6 nitrogen and oxygen atoms in total. The minimum atomic E-state index is -0.132. The van der Waals surface area contributed by atoms with Crippen molar-refractivity contribution >= 4 is 23.3 Å². The largest absolute Gasteiger partial charge is 0.376 e. The van der Waals surface area contributed by atoms with Crippen LogP contribution in [0.1, 0.15) is 38.2 Å². The molecule has 1 saturated heterocycles. The van der Waals surface area contributed by atoms with Gasteiger partial charge in [0, 0.05) is 38.0 Å². The molecule has 2 aliphatic rings. The van der Waals surface area contributed by atoms with E-state index in [0.29, 0.717) is 12.2 Å². The number of piperidine rings is 1. The maximum Gasteiger partial charge on any atom is 0.321 e. The zero-order chi connectivity index (χ0) is 17.8. The van der Waals surface area contributed by atoms with Gasteiger partial charge in [0.15, 0.2) is 0 Å². The Hall–Kier alpha value is -2.08. The summed E-state index contributed by atoms with van der Waals surface area (Å²) >= 11 is 0. The predicted octanol–water partition coefficient (Wildman–Crippen LogP) is 3.38. The first-order chi connectivity index (χ1) is 12.0. The molecule has 1 aliphatic carbocycles. The smallest absolute Gasteiger partial charge is 0.321 e. The molecule has 2 N–H and O–H groups in total. The SMILES string of the molecule is CC(=O)Nc1ccc(C)c(NC(=O)N2CCC[C@@H](OCC3CC3)C2)c1. The molecule has 6 heteroatoms. The van der Waals surface area contributed by atoms with E-state index in [4.69, 9.17) is 4.74 Å². The van der Waals surface area contributed by atoms with Crippen molar-refractivity contribution in [1.29, 1.82) is 0 Å². The Kier molecular flexibility index (Phi) is 5.58. The number of aryl methyl sites for hydroxylation is 1. The van der Waals surface area contributed by atoms with E-state index in [0.717, 1.165) is 43.2 Å². The topological polar surface area (TPSA) is 70.7 Å². The summed E-state index contributed by atoms with van der Waals surface area (Å²) in [5, 5.41) is 5.71. The summed E-state index contributed by atoms with van der Waals surface area (Å²) in [6, 6.07) is 5.40. The summed E-state index contributed by atoms with van der Waals surface area (Å²) in [4.78, 5) is 25.7. The molecule has 0 unspecified atom stereocenters. The number of hydrogen-bond donors (Lipinski definition) is 2. The van der Waals surface area contributed by atoms with Gasteiger partial charge in [-0.1, -0.05) is 6.07 Å². The van der Waals surface area contributed by atoms with E-state index in [9.17, 15) is 9.59 Å². The fraction of sp³-hybridized carbons (Fsp3) is 0.579. The Morgan fingerprint density at radius 3 is 2.76 bits per heavy atom. The van der Waals surface area contributed by atoms with E-state index in [1.165, 1.54) is 19.8 Å². The van der Waals surface area contributed by atoms with Gasteiger partial charge in [-0.25, -0.2) is 4.79 Å². The highest BCUT2D eigenvalue weighted by Gasteiger charge is 2.27. The first-order valence-corrected chi connectivity index (χ1v) is 9.07. The quantitative estimate of drug-likeness (QED) is 0.859. The summed E-state index contributed by atoms with van der Waals surface area (Å²) in [5.74, 6) is 0.608. The fourth-order valence-corrected chi connectivity index (χ4v) is 3.05. The van der Waals surface area contributed by atoms with Gasteiger partial charge >= 0.3 is 6.03 Å². The molecule has 0 aromatic heterocycles. The molecule has 1 atom stereocenters. The van der Waals surface area contributed by atoms with E-state index in [2.05, 4.69) is 10.6 Å². The van der Waals surface area contributed by atoms with Gasteiger partial charge < -0.3 is 20.3 Å². The van der Waals surface area contributed by atoms with Crippen molar-refractivity contribution in [3.05, 3.63) is 23.8 Å². The Labute approximate surface area is 148 Å². The molecule has 0 spiro atoms. The van der Waals surface area contributed by atoms with E-state index in [1.807, 2.05) is 24.0 Å². The normalized spacial score (nSPS) is 20.2. The van der Waals surface area contributed by atoms with Gasteiger partial charge in [-0.3, -0.25) is 4.79 Å². The standard InChI is InChI=1S/C19H27N3O3/c1-13-5-8-16(20-14(2)23)10-18(13)21-19(24)22-9-3-4-17(11-22)25-12-15-6-7-15/h5,8,10,15,17H,3-4,6-7,9,11-12H2,1-2H3,(H,20,23)(H,21,24)/t17-/m1/s1. The average Bonchev–Trinajstić information content (AvgIpc) is 3.40. The van der Waals surface area contributed by atoms with Gasteiger partial charge in [0.2, 0.25) is 5.91 Å². The zero-order valence-electron chi connectivity index (χ0n) is 15.0. The number of benzene rings is 1. The third kappa shape index (κ3) is 5.19. The molecule has 0 radical (unpaired) electrons. The lowest BCUT2D eigenvalue weighted by Crippen LogP contribution is -2.45. The highest BCUT2D eigenvalue weighted by atomic mass is 16.5. The second-order valence-corrected chi connectivity index (χ2v) is 7.13. The molecule has 1 aromatic rings. The Balaban J connectivity index is 1.57. The van der Waals surface area contributed by atoms with Crippen LogP contribution in [0.15, 0.2) is 18.2 Å². The maximum atomic E-state index is 12.6. The second kappa shape index (κ2) is 7.87. The summed E-state index contributed by atoms with van der Waals surface area (Å²) in [5.41, 5.74) is 2.36. The van der Waals surface area contributed by atoms with Gasteiger partial charge in [0.25, 0.3) is 0 Å². The lowest BCUT2D eigenvalue weighted by molar-refractivity contribution is -0.114. The minimum absolute atomic E-state index is 0.109. The van der Waals surface area contributed by atoms with Crippen molar-refractivity contribution in [3.63, 3.8) is 0 Å². The molecular formula is C19H27N3O3. The molecule has 25 heavy (non-hydrogen) atoms. The zero-order valence-corrected chi connectivity index (χ0v) is 15.0. The van der Waals surface area contributed by atoms with E-state index < -0.39 is 0 Å². The van der Waals surface area contributed by atoms with Crippen molar-refractivity contribution in [2.24, 2.45) is 5.92 Å². The summed E-state index contributed by atoms with van der Waals surface area (Å²) in [6.45, 7) is 5.62. The summed E-state index contributed by atoms with van der Waals surface area (Å²) < 4.78 is 5.95. The van der Waals surface area contributed by atoms with Crippen LogP contribution < -0.4 is 10.6 Å². The highest BCUT2D eigenvalue weighted by molar-refractivity contribution is 5.93. The first-order valence-electron chi connectivity index (χ1n) is 9.07. The van der Waals surface area contributed by atoms with Crippen molar-refractivity contribution in [3.8, 4) is 0 Å². The molecule has 3 amide bonds. The van der Waals surface area contributed by atoms with Crippen LogP contribution in [0.5, 0.6) is 0 Å². The fourth-order valence-electron chi connectivity index (χ4n) is 3.05. The molecule has 2 fully saturated rings. The Bertz CT molecular complexity index is 643. The third-order valence-corrected chi connectivity index (χ3v) is 4.73. The number of ether oxygens (including phenoxy) is 1. The number of nitrogens with zero attached hydrogens (tertiary/aromatic N) is 1. The number of carbonyl (C=O) groups excluding carboxylic acids is 2. The Morgan fingerprint density at radius 2 is 2.04 bits per heavy atom. The van der Waals surface area contributed by atoms with Crippen molar-refractivity contribution < 1.29 is 14.3 Å². The van der Waals surface area contributed by atoms with Crippen LogP contribution in [-0.4, -0.2) is 42.6 Å². The van der Waals surface area contributed by atoms with Crippen molar-refractivity contribution in [2.75, 3.05) is 30.3 Å². The van der Waals surface area contributed by atoms with Crippen LogP contribution >= 0.6 is 0 Å². The van der Waals surface area contributed by atoms with Crippen molar-refractivity contribution in [2.45, 2.75) is 45.6 Å². The van der Waals surface area contributed by atoms with E-state index in [-0.39, 0.29) is 18.0 Å². The molecule has 1 aliphatic heterocycles. The number of amides is 3. The predicted molar refractivity (Wildman–Crippen MR) is 97.8 cm³/mol. The van der Waals surface area contributed by atoms with E-state index in [1.54, 1.807) is 6.07 Å². The Morgan fingerprint density at radius 1 is 1.24 bits per heavy atom. The number of anilines is 2. The lowest BCUT2D eigenvalue weighted by Gasteiger charge is -2.33. The van der Waals surface area contributed by atoms with Crippen LogP contribution in [0, 0.1) is 12.8 Å². The number of nitrogens with one attached hydrogen (secondary N) is 2. The number of hydrogen-bond acceptors (Lipinski definition) is 3. The van der Waals surface area contributed by atoms with Crippen LogP contribution in [0.4, 0.5) is 16.2 Å². The van der Waals surface area contributed by atoms with Crippen molar-refractivity contribution in [1.82, 2.24) is 4.90 Å². The van der Waals surface area contributed by atoms with Gasteiger partial charge in [-0.2, -0.15) is 0 Å². The van der Waals surface area contributed by atoms with Crippen LogP contribution in [0.25, 0.3) is 0 Å². The van der Waals surface area contributed by atoms with Gasteiger partial charge in [-0.15, -0.1) is 0 Å². The summed E-state index contributed by atoms with van der Waals surface area (Å²) in [6.07, 6.45) is 4.69. The molecule has 1 aromatic carbocycles.